The highest BCUT2D eigenvalue weighted by Gasteiger charge is 2.27. The number of aromatic amines is 1. The zero-order valence-corrected chi connectivity index (χ0v) is 19.2. The Morgan fingerprint density at radius 1 is 1.00 bits per heavy atom. The minimum Gasteiger partial charge on any atom is -0.367 e. The molecular weight excluding hydrogens is 464 g/mol. The average molecular weight is 485 g/mol. The van der Waals surface area contributed by atoms with Gasteiger partial charge in [-0.05, 0) is 35.9 Å². The summed E-state index contributed by atoms with van der Waals surface area (Å²) >= 11 is 0. The fourth-order valence-electron chi connectivity index (χ4n) is 4.57. The molecule has 180 valence electrons. The molecule has 9 heteroatoms. The number of anilines is 1. The van der Waals surface area contributed by atoms with Crippen molar-refractivity contribution in [1.82, 2.24) is 15.1 Å². The van der Waals surface area contributed by atoms with Gasteiger partial charge in [-0.2, -0.15) is 10.4 Å². The van der Waals surface area contributed by atoms with Crippen molar-refractivity contribution in [1.29, 1.82) is 5.26 Å². The van der Waals surface area contributed by atoms with Crippen LogP contribution in [0.4, 0.5) is 14.5 Å². The Kier molecular flexibility index (Phi) is 6.17. The summed E-state index contributed by atoms with van der Waals surface area (Å²) in [6.45, 7) is 1.52. The number of hydrogen-bond donors (Lipinski definition) is 1. The van der Waals surface area contributed by atoms with E-state index in [1.165, 1.54) is 11.0 Å². The number of aromatic nitrogens is 2. The molecular formula is C27H21F2N5O2. The van der Waals surface area contributed by atoms with Crippen molar-refractivity contribution in [2.24, 2.45) is 0 Å². The third kappa shape index (κ3) is 4.29. The van der Waals surface area contributed by atoms with Crippen LogP contribution in [0.15, 0.2) is 65.5 Å². The number of nitriles is 1. The summed E-state index contributed by atoms with van der Waals surface area (Å²) in [6, 6.07) is 18.7. The standard InChI is InChI=1S/C27H21F2N5O2/c28-22-14-17(15-23-19-6-2-3-7-20(19)26(35)32-31-23)13-21(25(22)29)27(36)34-11-9-33(10-12-34)24-8-4-1-5-18(24)16-30/h1-8,13-14H,9-12,15H2,(H,32,35). The number of rotatable bonds is 4. The van der Waals surface area contributed by atoms with Crippen molar-refractivity contribution >= 4 is 22.4 Å². The minimum atomic E-state index is -1.19. The first-order valence-corrected chi connectivity index (χ1v) is 11.4. The lowest BCUT2D eigenvalue weighted by Gasteiger charge is -2.36. The lowest BCUT2D eigenvalue weighted by atomic mass is 10.0. The Hall–Kier alpha value is -4.58. The molecule has 0 radical (unpaired) electrons. The number of carbonyl (C=O) groups is 1. The number of nitrogens with one attached hydrogen (secondary N) is 1. The molecule has 7 nitrogen and oxygen atoms in total. The number of hydrogen-bond acceptors (Lipinski definition) is 5. The monoisotopic (exact) mass is 485 g/mol. The zero-order chi connectivity index (χ0) is 25.2. The molecule has 1 N–H and O–H groups in total. The second-order valence-electron chi connectivity index (χ2n) is 8.57. The highest BCUT2D eigenvalue weighted by Crippen LogP contribution is 2.24. The normalized spacial score (nSPS) is 13.6. The maximum absolute atomic E-state index is 14.7. The van der Waals surface area contributed by atoms with Gasteiger partial charge in [0.15, 0.2) is 11.6 Å². The van der Waals surface area contributed by atoms with Gasteiger partial charge < -0.3 is 9.80 Å². The number of fused-ring (bicyclic) bond motifs is 1. The van der Waals surface area contributed by atoms with E-state index in [0.29, 0.717) is 53.8 Å². The number of benzene rings is 3. The number of halogens is 2. The Morgan fingerprint density at radius 2 is 1.69 bits per heavy atom. The third-order valence-corrected chi connectivity index (χ3v) is 6.40. The first kappa shape index (κ1) is 23.2. The Morgan fingerprint density at radius 3 is 2.44 bits per heavy atom. The minimum absolute atomic E-state index is 0.105. The Bertz CT molecular complexity index is 1570. The van der Waals surface area contributed by atoms with Crippen molar-refractivity contribution in [2.75, 3.05) is 31.1 Å². The van der Waals surface area contributed by atoms with E-state index in [1.54, 1.807) is 36.4 Å². The molecule has 0 unspecified atom stereocenters. The molecule has 1 fully saturated rings. The summed E-state index contributed by atoms with van der Waals surface area (Å²) < 4.78 is 29.3. The highest BCUT2D eigenvalue weighted by molar-refractivity contribution is 5.95. The molecule has 1 aliphatic heterocycles. The van der Waals surface area contributed by atoms with E-state index in [4.69, 9.17) is 0 Å². The Balaban J connectivity index is 1.38. The molecule has 2 heterocycles. The SMILES string of the molecule is N#Cc1ccccc1N1CCN(C(=O)c2cc(Cc3n[nH]c(=O)c4ccccc34)cc(F)c2F)CC1. The van der Waals surface area contributed by atoms with Gasteiger partial charge in [-0.3, -0.25) is 9.59 Å². The van der Waals surface area contributed by atoms with E-state index in [2.05, 4.69) is 16.3 Å². The van der Waals surface area contributed by atoms with E-state index in [1.807, 2.05) is 17.0 Å². The molecule has 0 saturated carbocycles. The fraction of sp³-hybridized carbons (Fsp3) is 0.185. The maximum atomic E-state index is 14.7. The summed E-state index contributed by atoms with van der Waals surface area (Å²) in [5.41, 5.74) is 1.49. The van der Waals surface area contributed by atoms with E-state index in [-0.39, 0.29) is 17.5 Å². The molecule has 0 bridgehead atoms. The van der Waals surface area contributed by atoms with Crippen molar-refractivity contribution in [2.45, 2.75) is 6.42 Å². The van der Waals surface area contributed by atoms with Crippen molar-refractivity contribution in [3.05, 3.63) is 105 Å². The van der Waals surface area contributed by atoms with Gasteiger partial charge in [0.25, 0.3) is 11.5 Å². The molecule has 0 atom stereocenters. The number of H-pyrrole nitrogens is 1. The molecule has 1 aliphatic rings. The van der Waals surface area contributed by atoms with Crippen LogP contribution in [-0.2, 0) is 6.42 Å². The number of piperazine rings is 1. The quantitative estimate of drug-likeness (QED) is 0.477. The predicted molar refractivity (Wildman–Crippen MR) is 131 cm³/mol. The van der Waals surface area contributed by atoms with Crippen LogP contribution in [0.25, 0.3) is 10.8 Å². The van der Waals surface area contributed by atoms with E-state index in [0.717, 1.165) is 11.8 Å². The Labute approximate surface area is 205 Å². The van der Waals surface area contributed by atoms with E-state index < -0.39 is 17.5 Å². The van der Waals surface area contributed by atoms with Crippen molar-refractivity contribution < 1.29 is 13.6 Å². The van der Waals surface area contributed by atoms with Crippen LogP contribution in [0.1, 0.15) is 27.2 Å². The predicted octanol–water partition coefficient (Wildman–Crippen LogP) is 3.63. The molecule has 5 rings (SSSR count). The average Bonchev–Trinajstić information content (AvgIpc) is 2.92. The first-order chi connectivity index (χ1) is 17.5. The van der Waals surface area contributed by atoms with E-state index in [9.17, 15) is 23.6 Å². The number of amides is 1. The molecule has 3 aromatic carbocycles. The molecule has 0 spiro atoms. The van der Waals surface area contributed by atoms with Crippen LogP contribution in [0.2, 0.25) is 0 Å². The molecule has 1 saturated heterocycles. The van der Waals surface area contributed by atoms with Gasteiger partial charge in [-0.25, -0.2) is 13.9 Å². The summed E-state index contributed by atoms with van der Waals surface area (Å²) in [7, 11) is 0. The summed E-state index contributed by atoms with van der Waals surface area (Å²) in [5.74, 6) is -2.91. The van der Waals surface area contributed by atoms with Crippen LogP contribution in [-0.4, -0.2) is 47.2 Å². The number of para-hydroxylation sites is 1. The number of carbonyl (C=O) groups excluding carboxylic acids is 1. The van der Waals surface area contributed by atoms with Crippen LogP contribution < -0.4 is 10.5 Å². The highest BCUT2D eigenvalue weighted by atomic mass is 19.2. The lowest BCUT2D eigenvalue weighted by molar-refractivity contribution is 0.0740. The molecule has 36 heavy (non-hydrogen) atoms. The lowest BCUT2D eigenvalue weighted by Crippen LogP contribution is -2.49. The van der Waals surface area contributed by atoms with Gasteiger partial charge in [-0.15, -0.1) is 0 Å². The van der Waals surface area contributed by atoms with Crippen molar-refractivity contribution in [3.8, 4) is 6.07 Å². The van der Waals surface area contributed by atoms with E-state index >= 15 is 0 Å². The summed E-state index contributed by atoms with van der Waals surface area (Å²) in [6.07, 6.45) is 0.105. The molecule has 4 aromatic rings. The van der Waals surface area contributed by atoms with Gasteiger partial charge in [0.1, 0.15) is 6.07 Å². The summed E-state index contributed by atoms with van der Waals surface area (Å²) in [5, 5.41) is 16.9. The van der Waals surface area contributed by atoms with Crippen LogP contribution in [0.3, 0.4) is 0 Å². The maximum Gasteiger partial charge on any atom is 0.272 e. The smallest absolute Gasteiger partial charge is 0.272 e. The fourth-order valence-corrected chi connectivity index (χ4v) is 4.57. The van der Waals surface area contributed by atoms with Crippen molar-refractivity contribution in [3.63, 3.8) is 0 Å². The largest absolute Gasteiger partial charge is 0.367 e. The molecule has 1 aromatic heterocycles. The number of nitrogens with zero attached hydrogens (tertiary/aromatic N) is 4. The van der Waals surface area contributed by atoms with Crippen LogP contribution >= 0.6 is 0 Å². The third-order valence-electron chi connectivity index (χ3n) is 6.40. The summed E-state index contributed by atoms with van der Waals surface area (Å²) in [4.78, 5) is 28.7. The second-order valence-corrected chi connectivity index (χ2v) is 8.57. The first-order valence-electron chi connectivity index (χ1n) is 11.4. The van der Waals surface area contributed by atoms with Gasteiger partial charge >= 0.3 is 0 Å². The van der Waals surface area contributed by atoms with Crippen LogP contribution in [0, 0.1) is 23.0 Å². The van der Waals surface area contributed by atoms with Gasteiger partial charge in [0.05, 0.1) is 27.9 Å². The molecule has 0 aliphatic carbocycles. The van der Waals surface area contributed by atoms with Gasteiger partial charge in [0.2, 0.25) is 0 Å². The van der Waals surface area contributed by atoms with Gasteiger partial charge in [0, 0.05) is 38.0 Å². The van der Waals surface area contributed by atoms with Crippen LogP contribution in [0.5, 0.6) is 0 Å². The molecule has 1 amide bonds. The second kappa shape index (κ2) is 9.58. The zero-order valence-electron chi connectivity index (χ0n) is 19.2. The topological polar surface area (TPSA) is 93.1 Å². The van der Waals surface area contributed by atoms with Gasteiger partial charge in [-0.1, -0.05) is 30.3 Å².